The van der Waals surface area contributed by atoms with Crippen molar-refractivity contribution in [3.05, 3.63) is 53.3 Å². The Kier molecular flexibility index (Phi) is 4.85. The van der Waals surface area contributed by atoms with Gasteiger partial charge in [-0.15, -0.1) is 11.3 Å². The standard InChI is InChI=1S/C23H26N4O2S/c1-23(22(29)25-18-7-3-2-4-8-18)15-26-19(12-17-9-11-30-21(17)26)20(28)27(23)14-16-6-5-10-24-13-16/h5-6,9-13,18H,2-4,7-8,14-15H2,1H3,(H,25,29). The molecule has 1 fully saturated rings. The molecule has 1 atom stereocenters. The van der Waals surface area contributed by atoms with Gasteiger partial charge in [0.25, 0.3) is 5.91 Å². The first-order valence-electron chi connectivity index (χ1n) is 10.6. The molecule has 1 aliphatic heterocycles. The molecular formula is C23H26N4O2S. The Hall–Kier alpha value is -2.67. The lowest BCUT2D eigenvalue weighted by Crippen LogP contribution is -2.64. The maximum Gasteiger partial charge on any atom is 0.271 e. The Bertz CT molecular complexity index is 1080. The van der Waals surface area contributed by atoms with Gasteiger partial charge in [0.15, 0.2) is 0 Å². The van der Waals surface area contributed by atoms with E-state index in [1.807, 2.05) is 41.1 Å². The number of rotatable bonds is 4. The quantitative estimate of drug-likeness (QED) is 0.692. The van der Waals surface area contributed by atoms with Gasteiger partial charge in [0, 0.05) is 30.4 Å². The number of fused-ring (bicyclic) bond motifs is 3. The summed E-state index contributed by atoms with van der Waals surface area (Å²) in [4.78, 5) is 34.2. The number of carbonyl (C=O) groups excluding carboxylic acids is 2. The van der Waals surface area contributed by atoms with E-state index in [0.717, 1.165) is 41.5 Å². The van der Waals surface area contributed by atoms with Crippen LogP contribution in [0, 0.1) is 0 Å². The zero-order valence-electron chi connectivity index (χ0n) is 17.1. The highest BCUT2D eigenvalue weighted by Crippen LogP contribution is 2.35. The number of nitrogens with one attached hydrogen (secondary N) is 1. The molecule has 6 nitrogen and oxygen atoms in total. The number of nitrogens with zero attached hydrogens (tertiary/aromatic N) is 3. The molecule has 0 bridgehead atoms. The SMILES string of the molecule is CC1(C(=O)NC2CCCCC2)Cn2c(cc3ccsc32)C(=O)N1Cc1cccnc1. The van der Waals surface area contributed by atoms with E-state index in [1.165, 1.54) is 6.42 Å². The van der Waals surface area contributed by atoms with Crippen LogP contribution in [0.2, 0.25) is 0 Å². The van der Waals surface area contributed by atoms with Gasteiger partial charge in [0.2, 0.25) is 5.91 Å². The average molecular weight is 423 g/mol. The van der Waals surface area contributed by atoms with Crippen molar-refractivity contribution in [3.63, 3.8) is 0 Å². The third-order valence-electron chi connectivity index (χ3n) is 6.52. The van der Waals surface area contributed by atoms with E-state index in [4.69, 9.17) is 0 Å². The predicted octanol–water partition coefficient (Wildman–Crippen LogP) is 3.96. The fraction of sp³-hybridized carbons (Fsp3) is 0.435. The van der Waals surface area contributed by atoms with Crippen molar-refractivity contribution in [2.24, 2.45) is 0 Å². The Morgan fingerprint density at radius 2 is 2.13 bits per heavy atom. The number of thiophene rings is 1. The second kappa shape index (κ2) is 7.54. The molecule has 4 heterocycles. The van der Waals surface area contributed by atoms with Crippen molar-refractivity contribution in [1.29, 1.82) is 0 Å². The summed E-state index contributed by atoms with van der Waals surface area (Å²) in [5, 5.41) is 6.36. The molecule has 30 heavy (non-hydrogen) atoms. The summed E-state index contributed by atoms with van der Waals surface area (Å²) in [6, 6.07) is 7.99. The minimum atomic E-state index is -0.965. The molecule has 7 heteroatoms. The second-order valence-electron chi connectivity index (χ2n) is 8.63. The molecule has 1 aliphatic carbocycles. The van der Waals surface area contributed by atoms with Crippen LogP contribution in [0.3, 0.4) is 0 Å². The van der Waals surface area contributed by atoms with E-state index in [9.17, 15) is 9.59 Å². The molecule has 2 aliphatic rings. The van der Waals surface area contributed by atoms with Crippen LogP contribution >= 0.6 is 11.3 Å². The van der Waals surface area contributed by atoms with Crippen LogP contribution in [-0.2, 0) is 17.9 Å². The molecular weight excluding hydrogens is 396 g/mol. The van der Waals surface area contributed by atoms with E-state index in [0.29, 0.717) is 18.8 Å². The third-order valence-corrected chi connectivity index (χ3v) is 7.47. The van der Waals surface area contributed by atoms with Crippen molar-refractivity contribution in [2.45, 2.75) is 63.7 Å². The zero-order chi connectivity index (χ0) is 20.7. The minimum absolute atomic E-state index is 0.0595. The van der Waals surface area contributed by atoms with E-state index in [2.05, 4.69) is 10.3 Å². The fourth-order valence-electron chi connectivity index (χ4n) is 4.77. The summed E-state index contributed by atoms with van der Waals surface area (Å²) in [6.07, 6.45) is 9.05. The maximum atomic E-state index is 13.6. The largest absolute Gasteiger partial charge is 0.351 e. The van der Waals surface area contributed by atoms with Crippen molar-refractivity contribution >= 4 is 33.4 Å². The number of aromatic nitrogens is 2. The van der Waals surface area contributed by atoms with Crippen molar-refractivity contribution < 1.29 is 9.59 Å². The molecule has 2 amide bonds. The minimum Gasteiger partial charge on any atom is -0.351 e. The monoisotopic (exact) mass is 422 g/mol. The van der Waals surface area contributed by atoms with Crippen LogP contribution in [0.4, 0.5) is 0 Å². The molecule has 3 aromatic heterocycles. The number of pyridine rings is 1. The van der Waals surface area contributed by atoms with Crippen molar-refractivity contribution in [1.82, 2.24) is 19.8 Å². The smallest absolute Gasteiger partial charge is 0.271 e. The lowest BCUT2D eigenvalue weighted by molar-refractivity contribution is -0.134. The molecule has 1 unspecified atom stereocenters. The molecule has 156 valence electrons. The first-order valence-corrected chi connectivity index (χ1v) is 11.5. The molecule has 0 radical (unpaired) electrons. The van der Waals surface area contributed by atoms with Crippen molar-refractivity contribution in [3.8, 4) is 0 Å². The highest BCUT2D eigenvalue weighted by Gasteiger charge is 2.48. The predicted molar refractivity (Wildman–Crippen MR) is 117 cm³/mol. The average Bonchev–Trinajstić information content (AvgIpc) is 3.35. The molecule has 0 saturated heterocycles. The molecule has 0 aromatic carbocycles. The van der Waals surface area contributed by atoms with Crippen LogP contribution in [-0.4, -0.2) is 37.8 Å². The number of hydrogen-bond acceptors (Lipinski definition) is 4. The normalized spacial score (nSPS) is 22.3. The fourth-order valence-corrected chi connectivity index (χ4v) is 5.66. The van der Waals surface area contributed by atoms with E-state index in [1.54, 1.807) is 28.6 Å². The van der Waals surface area contributed by atoms with Gasteiger partial charge in [-0.1, -0.05) is 25.3 Å². The van der Waals surface area contributed by atoms with E-state index >= 15 is 0 Å². The Morgan fingerprint density at radius 3 is 2.90 bits per heavy atom. The second-order valence-corrected chi connectivity index (χ2v) is 9.53. The van der Waals surface area contributed by atoms with Gasteiger partial charge in [-0.25, -0.2) is 0 Å². The van der Waals surface area contributed by atoms with Crippen LogP contribution in [0.25, 0.3) is 10.2 Å². The Labute approximate surface area is 179 Å². The third kappa shape index (κ3) is 3.21. The highest BCUT2D eigenvalue weighted by molar-refractivity contribution is 7.16. The van der Waals surface area contributed by atoms with Gasteiger partial charge in [0.1, 0.15) is 16.1 Å². The summed E-state index contributed by atoms with van der Waals surface area (Å²) in [5.74, 6) is -0.162. The van der Waals surface area contributed by atoms with Crippen molar-refractivity contribution in [2.75, 3.05) is 0 Å². The molecule has 1 N–H and O–H groups in total. The van der Waals surface area contributed by atoms with Gasteiger partial charge >= 0.3 is 0 Å². The lowest BCUT2D eigenvalue weighted by atomic mass is 9.91. The topological polar surface area (TPSA) is 67.2 Å². The summed E-state index contributed by atoms with van der Waals surface area (Å²) < 4.78 is 2.03. The summed E-state index contributed by atoms with van der Waals surface area (Å²) in [7, 11) is 0. The number of amides is 2. The van der Waals surface area contributed by atoms with Gasteiger partial charge in [-0.2, -0.15) is 0 Å². The Balaban J connectivity index is 1.53. The van der Waals surface area contributed by atoms with Crippen LogP contribution in [0.5, 0.6) is 0 Å². The van der Waals surface area contributed by atoms with Crippen LogP contribution < -0.4 is 5.32 Å². The summed E-state index contributed by atoms with van der Waals surface area (Å²) >= 11 is 1.61. The lowest BCUT2D eigenvalue weighted by Gasteiger charge is -2.44. The van der Waals surface area contributed by atoms with Gasteiger partial charge < -0.3 is 14.8 Å². The number of carbonyl (C=O) groups is 2. The maximum absolute atomic E-state index is 13.6. The van der Waals surface area contributed by atoms with Crippen LogP contribution in [0.1, 0.15) is 55.1 Å². The zero-order valence-corrected chi connectivity index (χ0v) is 18.0. The molecule has 5 rings (SSSR count). The first-order chi connectivity index (χ1) is 14.6. The van der Waals surface area contributed by atoms with Gasteiger partial charge in [-0.05, 0) is 48.9 Å². The van der Waals surface area contributed by atoms with Crippen LogP contribution in [0.15, 0.2) is 42.0 Å². The summed E-state index contributed by atoms with van der Waals surface area (Å²) in [6.45, 7) is 2.72. The summed E-state index contributed by atoms with van der Waals surface area (Å²) in [5.41, 5.74) is 0.612. The van der Waals surface area contributed by atoms with E-state index in [-0.39, 0.29) is 17.9 Å². The van der Waals surface area contributed by atoms with Gasteiger partial charge in [0.05, 0.1) is 6.54 Å². The molecule has 1 saturated carbocycles. The molecule has 0 spiro atoms. The van der Waals surface area contributed by atoms with E-state index < -0.39 is 5.54 Å². The molecule has 3 aromatic rings. The highest BCUT2D eigenvalue weighted by atomic mass is 32.1. The number of hydrogen-bond donors (Lipinski definition) is 1. The Morgan fingerprint density at radius 1 is 1.30 bits per heavy atom. The van der Waals surface area contributed by atoms with Gasteiger partial charge in [-0.3, -0.25) is 14.6 Å². The first kappa shape index (κ1) is 19.3.